The standard InChI is InChI=1S/C8H15ClN2O2S/c9-6-14(12,13)10-8-5-11-3-1-7(8)2-4-11/h7-8,10H,1-6H2. The minimum absolute atomic E-state index is 0.0845. The number of rotatable bonds is 3. The van der Waals surface area contributed by atoms with Gasteiger partial charge in [-0.3, -0.25) is 0 Å². The summed E-state index contributed by atoms with van der Waals surface area (Å²) in [5, 5.41) is -0.337. The minimum Gasteiger partial charge on any atom is -0.302 e. The predicted octanol–water partition coefficient (Wildman–Crippen LogP) is 0.196. The molecule has 0 aromatic carbocycles. The number of piperidine rings is 3. The average Bonchev–Trinajstić information content (AvgIpc) is 2.19. The number of hydrogen-bond acceptors (Lipinski definition) is 3. The Morgan fingerprint density at radius 3 is 2.43 bits per heavy atom. The second kappa shape index (κ2) is 3.96. The van der Waals surface area contributed by atoms with E-state index < -0.39 is 10.0 Å². The highest BCUT2D eigenvalue weighted by Crippen LogP contribution is 2.27. The maximum absolute atomic E-state index is 11.3. The highest BCUT2D eigenvalue weighted by atomic mass is 35.5. The number of hydrogen-bond donors (Lipinski definition) is 1. The van der Waals surface area contributed by atoms with Crippen LogP contribution in [0.5, 0.6) is 0 Å². The van der Waals surface area contributed by atoms with Crippen molar-refractivity contribution >= 4 is 21.6 Å². The molecule has 2 bridgehead atoms. The first kappa shape index (κ1) is 10.7. The molecule has 3 rings (SSSR count). The molecule has 3 fully saturated rings. The third-order valence-electron chi connectivity index (χ3n) is 3.13. The van der Waals surface area contributed by atoms with Gasteiger partial charge in [0.1, 0.15) is 5.21 Å². The molecule has 3 aliphatic rings. The van der Waals surface area contributed by atoms with Crippen LogP contribution in [0.25, 0.3) is 0 Å². The lowest BCUT2D eigenvalue weighted by Gasteiger charge is -2.44. The van der Waals surface area contributed by atoms with Gasteiger partial charge in [-0.15, -0.1) is 11.6 Å². The summed E-state index contributed by atoms with van der Waals surface area (Å²) in [6, 6.07) is 0.0845. The fourth-order valence-electron chi connectivity index (χ4n) is 2.36. The lowest BCUT2D eigenvalue weighted by Crippen LogP contribution is -2.57. The summed E-state index contributed by atoms with van der Waals surface area (Å²) >= 11 is 5.35. The molecule has 14 heavy (non-hydrogen) atoms. The van der Waals surface area contributed by atoms with Crippen LogP contribution < -0.4 is 4.72 Å². The second-order valence-electron chi connectivity index (χ2n) is 4.09. The Balaban J connectivity index is 1.99. The quantitative estimate of drug-likeness (QED) is 0.715. The Morgan fingerprint density at radius 1 is 1.36 bits per heavy atom. The molecule has 4 nitrogen and oxygen atoms in total. The van der Waals surface area contributed by atoms with Crippen molar-refractivity contribution in [1.82, 2.24) is 9.62 Å². The molecule has 0 aliphatic carbocycles. The van der Waals surface area contributed by atoms with E-state index in [9.17, 15) is 8.42 Å². The van der Waals surface area contributed by atoms with Crippen LogP contribution in [0.15, 0.2) is 0 Å². The maximum Gasteiger partial charge on any atom is 0.225 e. The molecule has 6 heteroatoms. The maximum atomic E-state index is 11.3. The monoisotopic (exact) mass is 238 g/mol. The van der Waals surface area contributed by atoms with Gasteiger partial charge in [0.15, 0.2) is 0 Å². The SMILES string of the molecule is O=S(=O)(CCl)NC1CN2CCC1CC2. The molecule has 0 radical (unpaired) electrons. The lowest BCUT2D eigenvalue weighted by molar-refractivity contribution is 0.0827. The van der Waals surface area contributed by atoms with Gasteiger partial charge in [-0.05, 0) is 31.8 Å². The minimum atomic E-state index is -3.25. The first-order valence-electron chi connectivity index (χ1n) is 4.89. The molecule has 0 amide bonds. The highest BCUT2D eigenvalue weighted by molar-refractivity contribution is 7.90. The summed E-state index contributed by atoms with van der Waals surface area (Å²) in [5.74, 6) is 0.512. The van der Waals surface area contributed by atoms with Gasteiger partial charge in [0.25, 0.3) is 0 Å². The van der Waals surface area contributed by atoms with Crippen LogP contribution in [0.4, 0.5) is 0 Å². The van der Waals surface area contributed by atoms with Crippen molar-refractivity contribution in [1.29, 1.82) is 0 Å². The molecule has 0 aromatic rings. The second-order valence-corrected chi connectivity index (χ2v) is 6.42. The normalized spacial score (nSPS) is 37.4. The van der Waals surface area contributed by atoms with Crippen LogP contribution in [0.2, 0.25) is 0 Å². The number of alkyl halides is 1. The van der Waals surface area contributed by atoms with E-state index in [1.165, 1.54) is 0 Å². The van der Waals surface area contributed by atoms with Gasteiger partial charge in [-0.25, -0.2) is 13.1 Å². The Kier molecular flexibility index (Phi) is 3.02. The fraction of sp³-hybridized carbons (Fsp3) is 1.00. The van der Waals surface area contributed by atoms with Crippen LogP contribution in [0, 0.1) is 5.92 Å². The molecule has 1 N–H and O–H groups in total. The summed E-state index contributed by atoms with van der Waals surface area (Å²) in [7, 11) is -3.25. The Hall–Kier alpha value is 0.160. The average molecular weight is 239 g/mol. The molecule has 1 atom stereocenters. The van der Waals surface area contributed by atoms with Gasteiger partial charge in [-0.2, -0.15) is 0 Å². The molecule has 3 heterocycles. The van der Waals surface area contributed by atoms with Gasteiger partial charge in [0.2, 0.25) is 10.0 Å². The van der Waals surface area contributed by atoms with E-state index in [4.69, 9.17) is 11.6 Å². The molecule has 0 aromatic heterocycles. The Morgan fingerprint density at radius 2 is 2.00 bits per heavy atom. The van der Waals surface area contributed by atoms with Gasteiger partial charge < -0.3 is 4.90 Å². The van der Waals surface area contributed by atoms with Crippen LogP contribution in [0.3, 0.4) is 0 Å². The number of nitrogens with one attached hydrogen (secondary N) is 1. The van der Waals surface area contributed by atoms with Crippen molar-refractivity contribution in [2.24, 2.45) is 5.92 Å². The molecule has 82 valence electrons. The summed E-state index contributed by atoms with van der Waals surface area (Å²) in [6.07, 6.45) is 2.21. The molecule has 1 unspecified atom stereocenters. The molecular formula is C8H15ClN2O2S. The van der Waals surface area contributed by atoms with E-state index in [2.05, 4.69) is 9.62 Å². The molecular weight excluding hydrogens is 224 g/mol. The van der Waals surface area contributed by atoms with Gasteiger partial charge >= 0.3 is 0 Å². The smallest absolute Gasteiger partial charge is 0.225 e. The van der Waals surface area contributed by atoms with Gasteiger partial charge in [0.05, 0.1) is 0 Å². The van der Waals surface area contributed by atoms with Crippen molar-refractivity contribution < 1.29 is 8.42 Å². The third-order valence-corrected chi connectivity index (χ3v) is 4.94. The van der Waals surface area contributed by atoms with Crippen molar-refractivity contribution in [3.63, 3.8) is 0 Å². The van der Waals surface area contributed by atoms with Crippen molar-refractivity contribution in [2.45, 2.75) is 18.9 Å². The van der Waals surface area contributed by atoms with Crippen LogP contribution in [0.1, 0.15) is 12.8 Å². The van der Waals surface area contributed by atoms with E-state index in [0.717, 1.165) is 32.5 Å². The zero-order valence-corrected chi connectivity index (χ0v) is 9.52. The highest BCUT2D eigenvalue weighted by Gasteiger charge is 2.35. The van der Waals surface area contributed by atoms with Crippen molar-refractivity contribution in [2.75, 3.05) is 24.8 Å². The van der Waals surface area contributed by atoms with Crippen LogP contribution in [-0.2, 0) is 10.0 Å². The topological polar surface area (TPSA) is 49.4 Å². The van der Waals surface area contributed by atoms with Crippen LogP contribution in [-0.4, -0.2) is 44.2 Å². The fourth-order valence-corrected chi connectivity index (χ4v) is 3.34. The number of fused-ring (bicyclic) bond motifs is 3. The summed E-state index contributed by atoms with van der Waals surface area (Å²) in [4.78, 5) is 2.31. The lowest BCUT2D eigenvalue weighted by atomic mass is 9.85. The van der Waals surface area contributed by atoms with E-state index in [-0.39, 0.29) is 11.3 Å². The zero-order chi connectivity index (χ0) is 10.2. The number of nitrogens with zero attached hydrogens (tertiary/aromatic N) is 1. The van der Waals surface area contributed by atoms with E-state index in [1.54, 1.807) is 0 Å². The van der Waals surface area contributed by atoms with E-state index in [1.807, 2.05) is 0 Å². The predicted molar refractivity (Wildman–Crippen MR) is 55.7 cm³/mol. The summed E-state index contributed by atoms with van der Waals surface area (Å²) in [5.41, 5.74) is 0. The molecule has 0 saturated carbocycles. The van der Waals surface area contributed by atoms with Gasteiger partial charge in [0, 0.05) is 12.6 Å². The molecule has 3 aliphatic heterocycles. The number of halogens is 1. The van der Waals surface area contributed by atoms with E-state index >= 15 is 0 Å². The Labute approximate surface area is 89.7 Å². The zero-order valence-electron chi connectivity index (χ0n) is 7.95. The summed E-state index contributed by atoms with van der Waals surface area (Å²) in [6.45, 7) is 3.08. The van der Waals surface area contributed by atoms with Crippen molar-refractivity contribution in [3.8, 4) is 0 Å². The first-order chi connectivity index (χ1) is 6.61. The largest absolute Gasteiger partial charge is 0.302 e. The van der Waals surface area contributed by atoms with Crippen LogP contribution >= 0.6 is 11.6 Å². The van der Waals surface area contributed by atoms with Gasteiger partial charge in [-0.1, -0.05) is 0 Å². The number of sulfonamides is 1. The molecule has 0 spiro atoms. The summed E-state index contributed by atoms with van der Waals surface area (Å²) < 4.78 is 25.2. The Bertz CT molecular complexity index is 298. The third kappa shape index (κ3) is 2.21. The molecule has 3 saturated heterocycles. The van der Waals surface area contributed by atoms with E-state index in [0.29, 0.717) is 5.92 Å². The van der Waals surface area contributed by atoms with Crippen molar-refractivity contribution in [3.05, 3.63) is 0 Å². The first-order valence-corrected chi connectivity index (χ1v) is 7.08.